The predicted octanol–water partition coefficient (Wildman–Crippen LogP) is 1.37. The molecule has 3 rings (SSSR count). The molecule has 0 aromatic heterocycles. The Morgan fingerprint density at radius 1 is 1.26 bits per heavy atom. The average molecular weight is 339 g/mol. The van der Waals surface area contributed by atoms with Gasteiger partial charge in [0, 0.05) is 68.0 Å². The first kappa shape index (κ1) is 16.2. The minimum atomic E-state index is -0.532. The number of hydrogen-bond donors (Lipinski definition) is 1. The van der Waals surface area contributed by atoms with Gasteiger partial charge in [0.05, 0.1) is 4.92 Å². The zero-order chi connectivity index (χ0) is 16.4. The van der Waals surface area contributed by atoms with Crippen molar-refractivity contribution in [3.05, 3.63) is 38.9 Å². The van der Waals surface area contributed by atoms with Crippen molar-refractivity contribution in [1.82, 2.24) is 15.1 Å². The summed E-state index contributed by atoms with van der Waals surface area (Å²) in [6, 6.07) is 4.42. The average Bonchev–Trinajstić information content (AvgIpc) is 3.04. The van der Waals surface area contributed by atoms with Crippen LogP contribution in [0.1, 0.15) is 16.8 Å². The molecule has 0 radical (unpaired) electrons. The zero-order valence-electron chi connectivity index (χ0n) is 12.7. The van der Waals surface area contributed by atoms with E-state index in [0.29, 0.717) is 19.1 Å². The number of likely N-dealkylation sites (tertiary alicyclic amines) is 1. The van der Waals surface area contributed by atoms with Crippen molar-refractivity contribution in [2.24, 2.45) is 0 Å². The largest absolute Gasteiger partial charge is 0.337 e. The second kappa shape index (κ2) is 6.82. The lowest BCUT2D eigenvalue weighted by Gasteiger charge is -2.32. The van der Waals surface area contributed by atoms with Crippen LogP contribution in [0.15, 0.2) is 18.2 Å². The van der Waals surface area contributed by atoms with Crippen LogP contribution >= 0.6 is 11.6 Å². The van der Waals surface area contributed by atoms with Crippen LogP contribution in [0.2, 0.25) is 5.02 Å². The van der Waals surface area contributed by atoms with E-state index in [4.69, 9.17) is 11.6 Å². The topological polar surface area (TPSA) is 78.7 Å². The molecule has 1 atom stereocenters. The van der Waals surface area contributed by atoms with E-state index in [-0.39, 0.29) is 22.2 Å². The van der Waals surface area contributed by atoms with Crippen LogP contribution in [-0.4, -0.2) is 65.9 Å². The number of carbonyl (C=O) groups is 1. The SMILES string of the molecule is O=C(c1cc(Cl)cc([N+](=O)[O-])c1)N1CCC(N2CCNCC2)C1. The summed E-state index contributed by atoms with van der Waals surface area (Å²) >= 11 is 5.90. The maximum atomic E-state index is 12.6. The summed E-state index contributed by atoms with van der Waals surface area (Å²) in [5.41, 5.74) is 0.129. The van der Waals surface area contributed by atoms with Crippen molar-refractivity contribution in [1.29, 1.82) is 0 Å². The number of nitrogens with zero attached hydrogens (tertiary/aromatic N) is 3. The molecule has 0 bridgehead atoms. The molecular formula is C15H19ClN4O3. The van der Waals surface area contributed by atoms with Crippen LogP contribution in [0.25, 0.3) is 0 Å². The predicted molar refractivity (Wildman–Crippen MR) is 86.9 cm³/mol. The summed E-state index contributed by atoms with van der Waals surface area (Å²) in [7, 11) is 0. The molecule has 0 spiro atoms. The summed E-state index contributed by atoms with van der Waals surface area (Å²) < 4.78 is 0. The highest BCUT2D eigenvalue weighted by Crippen LogP contribution is 2.24. The minimum absolute atomic E-state index is 0.154. The first-order valence-electron chi connectivity index (χ1n) is 7.73. The van der Waals surface area contributed by atoms with Crippen LogP contribution in [0.4, 0.5) is 5.69 Å². The number of nitrogens with one attached hydrogen (secondary N) is 1. The molecule has 0 saturated carbocycles. The van der Waals surface area contributed by atoms with Gasteiger partial charge in [0.15, 0.2) is 0 Å². The van der Waals surface area contributed by atoms with Crippen molar-refractivity contribution in [2.45, 2.75) is 12.5 Å². The van der Waals surface area contributed by atoms with Gasteiger partial charge in [0.2, 0.25) is 0 Å². The molecule has 2 fully saturated rings. The van der Waals surface area contributed by atoms with Gasteiger partial charge in [-0.05, 0) is 12.5 Å². The Hall–Kier alpha value is -1.70. The number of hydrogen-bond acceptors (Lipinski definition) is 5. The molecule has 124 valence electrons. The van der Waals surface area contributed by atoms with Gasteiger partial charge in [-0.2, -0.15) is 0 Å². The van der Waals surface area contributed by atoms with Gasteiger partial charge in [-0.25, -0.2) is 0 Å². The molecule has 1 amide bonds. The Morgan fingerprint density at radius 2 is 2.00 bits per heavy atom. The molecule has 7 nitrogen and oxygen atoms in total. The van der Waals surface area contributed by atoms with Gasteiger partial charge < -0.3 is 10.2 Å². The number of benzene rings is 1. The minimum Gasteiger partial charge on any atom is -0.337 e. The second-order valence-corrected chi connectivity index (χ2v) is 6.37. The number of amides is 1. The highest BCUT2D eigenvalue weighted by Gasteiger charge is 2.31. The number of piperazine rings is 1. The van der Waals surface area contributed by atoms with Crippen molar-refractivity contribution >= 4 is 23.2 Å². The Balaban J connectivity index is 1.70. The highest BCUT2D eigenvalue weighted by atomic mass is 35.5. The quantitative estimate of drug-likeness (QED) is 0.665. The smallest absolute Gasteiger partial charge is 0.271 e. The normalized spacial score (nSPS) is 22.3. The van der Waals surface area contributed by atoms with E-state index in [0.717, 1.165) is 32.6 Å². The molecule has 2 heterocycles. The van der Waals surface area contributed by atoms with E-state index in [1.165, 1.54) is 18.2 Å². The van der Waals surface area contributed by atoms with Crippen LogP contribution < -0.4 is 5.32 Å². The maximum absolute atomic E-state index is 12.6. The second-order valence-electron chi connectivity index (χ2n) is 5.93. The summed E-state index contributed by atoms with van der Waals surface area (Å²) in [5, 5.41) is 14.4. The van der Waals surface area contributed by atoms with E-state index in [1.807, 2.05) is 0 Å². The van der Waals surface area contributed by atoms with Gasteiger partial charge >= 0.3 is 0 Å². The summed E-state index contributed by atoms with van der Waals surface area (Å²) in [5.74, 6) is -0.187. The van der Waals surface area contributed by atoms with Gasteiger partial charge in [-0.1, -0.05) is 11.6 Å². The number of non-ortho nitro benzene ring substituents is 1. The lowest BCUT2D eigenvalue weighted by Crippen LogP contribution is -2.49. The van der Waals surface area contributed by atoms with Crippen LogP contribution in [0.5, 0.6) is 0 Å². The Bertz CT molecular complexity index is 619. The molecule has 2 aliphatic rings. The fourth-order valence-electron chi connectivity index (χ4n) is 3.26. The van der Waals surface area contributed by atoms with Crippen molar-refractivity contribution in [3.63, 3.8) is 0 Å². The lowest BCUT2D eigenvalue weighted by molar-refractivity contribution is -0.384. The van der Waals surface area contributed by atoms with Crippen molar-refractivity contribution < 1.29 is 9.72 Å². The van der Waals surface area contributed by atoms with Gasteiger partial charge in [0.1, 0.15) is 0 Å². The van der Waals surface area contributed by atoms with Gasteiger partial charge in [-0.3, -0.25) is 19.8 Å². The first-order valence-corrected chi connectivity index (χ1v) is 8.11. The number of nitro benzene ring substituents is 1. The van der Waals surface area contributed by atoms with Gasteiger partial charge in [0.25, 0.3) is 11.6 Å². The number of rotatable bonds is 3. The molecule has 1 aromatic carbocycles. The van der Waals surface area contributed by atoms with Crippen molar-refractivity contribution in [2.75, 3.05) is 39.3 Å². The fraction of sp³-hybridized carbons (Fsp3) is 0.533. The van der Waals surface area contributed by atoms with E-state index in [1.54, 1.807) is 4.90 Å². The van der Waals surface area contributed by atoms with E-state index in [2.05, 4.69) is 10.2 Å². The molecule has 2 saturated heterocycles. The van der Waals surface area contributed by atoms with Crippen molar-refractivity contribution in [3.8, 4) is 0 Å². The number of halogens is 1. The standard InChI is InChI=1S/C15H19ClN4O3/c16-12-7-11(8-14(9-12)20(22)23)15(21)19-4-1-13(10-19)18-5-2-17-3-6-18/h7-9,13,17H,1-6,10H2. The summed E-state index contributed by atoms with van der Waals surface area (Å²) in [4.78, 5) is 27.2. The third-order valence-electron chi connectivity index (χ3n) is 4.46. The summed E-state index contributed by atoms with van der Waals surface area (Å²) in [6.07, 6.45) is 0.939. The molecular weight excluding hydrogens is 320 g/mol. The van der Waals surface area contributed by atoms with E-state index >= 15 is 0 Å². The van der Waals surface area contributed by atoms with Gasteiger partial charge in [-0.15, -0.1) is 0 Å². The first-order chi connectivity index (χ1) is 11.0. The third-order valence-corrected chi connectivity index (χ3v) is 4.68. The monoisotopic (exact) mass is 338 g/mol. The third kappa shape index (κ3) is 3.63. The maximum Gasteiger partial charge on any atom is 0.271 e. The Morgan fingerprint density at radius 3 is 2.70 bits per heavy atom. The molecule has 0 aliphatic carbocycles. The fourth-order valence-corrected chi connectivity index (χ4v) is 3.49. The van der Waals surface area contributed by atoms with Crippen LogP contribution in [0, 0.1) is 10.1 Å². The Labute approximate surface area is 139 Å². The molecule has 1 N–H and O–H groups in total. The number of nitro groups is 1. The van der Waals surface area contributed by atoms with Crippen LogP contribution in [-0.2, 0) is 0 Å². The Kier molecular flexibility index (Phi) is 4.79. The lowest BCUT2D eigenvalue weighted by atomic mass is 10.1. The highest BCUT2D eigenvalue weighted by molar-refractivity contribution is 6.31. The summed E-state index contributed by atoms with van der Waals surface area (Å²) in [6.45, 7) is 5.29. The molecule has 1 unspecified atom stereocenters. The molecule has 1 aromatic rings. The zero-order valence-corrected chi connectivity index (χ0v) is 13.5. The number of carbonyl (C=O) groups excluding carboxylic acids is 1. The molecule has 2 aliphatic heterocycles. The molecule has 23 heavy (non-hydrogen) atoms. The molecule has 8 heteroatoms. The van der Waals surface area contributed by atoms with E-state index < -0.39 is 4.92 Å². The van der Waals surface area contributed by atoms with Crippen LogP contribution in [0.3, 0.4) is 0 Å². The van der Waals surface area contributed by atoms with E-state index in [9.17, 15) is 14.9 Å².